The lowest BCUT2D eigenvalue weighted by molar-refractivity contribution is -0.389. The molecule has 7 nitrogen and oxygen atoms in total. The van der Waals surface area contributed by atoms with E-state index in [9.17, 15) is 14.9 Å². The second-order valence-electron chi connectivity index (χ2n) is 4.46. The molecule has 0 aromatic carbocycles. The van der Waals surface area contributed by atoms with Gasteiger partial charge in [-0.2, -0.15) is 0 Å². The van der Waals surface area contributed by atoms with E-state index in [0.29, 0.717) is 11.6 Å². The molecule has 1 aliphatic heterocycles. The molecule has 0 amide bonds. The Morgan fingerprint density at radius 1 is 1.67 bits per heavy atom. The average Bonchev–Trinajstić information content (AvgIpc) is 2.74. The monoisotopic (exact) mass is 251 g/mol. The molecule has 1 N–H and O–H groups in total. The van der Waals surface area contributed by atoms with E-state index >= 15 is 0 Å². The highest BCUT2D eigenvalue weighted by atomic mass is 16.6. The zero-order chi connectivity index (χ0) is 13.3. The van der Waals surface area contributed by atoms with E-state index in [4.69, 9.17) is 5.11 Å². The number of carboxylic acids is 1. The number of aromatic carboxylic acids is 1. The van der Waals surface area contributed by atoms with E-state index in [1.54, 1.807) is 0 Å². The summed E-state index contributed by atoms with van der Waals surface area (Å²) in [6.07, 6.45) is 2.26. The molecule has 0 bridgehead atoms. The summed E-state index contributed by atoms with van der Waals surface area (Å²) in [7, 11) is 0. The number of hydrogen-bond acceptors (Lipinski definition) is 5. The van der Waals surface area contributed by atoms with Gasteiger partial charge in [0.05, 0.1) is 17.3 Å². The second kappa shape index (κ2) is 4.59. The molecular formula is C11H13N3O4. The number of rotatable bonds is 3. The first-order valence-corrected chi connectivity index (χ1v) is 5.61. The van der Waals surface area contributed by atoms with Gasteiger partial charge in [0, 0.05) is 13.1 Å². The fourth-order valence-corrected chi connectivity index (χ4v) is 2.11. The molecule has 1 aromatic rings. The third-order valence-corrected chi connectivity index (χ3v) is 3.05. The van der Waals surface area contributed by atoms with Gasteiger partial charge in [0.15, 0.2) is 6.20 Å². The minimum Gasteiger partial charge on any atom is -0.478 e. The molecule has 2 heterocycles. The Bertz CT molecular complexity index is 503. The summed E-state index contributed by atoms with van der Waals surface area (Å²) in [4.78, 5) is 26.7. The zero-order valence-corrected chi connectivity index (χ0v) is 9.87. The number of aromatic nitrogens is 1. The summed E-state index contributed by atoms with van der Waals surface area (Å²) in [5, 5.41) is 19.7. The highest BCUT2D eigenvalue weighted by Gasteiger charge is 2.26. The fraction of sp³-hybridized carbons (Fsp3) is 0.455. The molecule has 7 heteroatoms. The van der Waals surface area contributed by atoms with Crippen LogP contribution in [0.1, 0.15) is 23.7 Å². The van der Waals surface area contributed by atoms with Gasteiger partial charge >= 0.3 is 11.8 Å². The third-order valence-electron chi connectivity index (χ3n) is 3.05. The largest absolute Gasteiger partial charge is 0.478 e. The normalized spacial score (nSPS) is 18.9. The highest BCUT2D eigenvalue weighted by molar-refractivity contribution is 5.94. The summed E-state index contributed by atoms with van der Waals surface area (Å²) in [5.41, 5.74) is 0.392. The van der Waals surface area contributed by atoms with Crippen LogP contribution < -0.4 is 4.90 Å². The van der Waals surface area contributed by atoms with E-state index in [1.165, 1.54) is 6.20 Å². The van der Waals surface area contributed by atoms with Crippen LogP contribution in [0, 0.1) is 16.0 Å². The van der Waals surface area contributed by atoms with Crippen LogP contribution in [0.15, 0.2) is 12.3 Å². The van der Waals surface area contributed by atoms with Crippen LogP contribution >= 0.6 is 0 Å². The Morgan fingerprint density at radius 2 is 2.39 bits per heavy atom. The number of anilines is 1. The molecule has 18 heavy (non-hydrogen) atoms. The van der Waals surface area contributed by atoms with Crippen molar-refractivity contribution in [3.05, 3.63) is 27.9 Å². The van der Waals surface area contributed by atoms with Crippen LogP contribution in [0.25, 0.3) is 0 Å². The van der Waals surface area contributed by atoms with Gasteiger partial charge in [-0.15, -0.1) is 0 Å². The lowest BCUT2D eigenvalue weighted by Crippen LogP contribution is -2.22. The molecule has 1 saturated heterocycles. The minimum absolute atomic E-state index is 0.0641. The average molecular weight is 251 g/mol. The molecular weight excluding hydrogens is 238 g/mol. The van der Waals surface area contributed by atoms with Gasteiger partial charge in [-0.05, 0) is 22.2 Å². The van der Waals surface area contributed by atoms with Crippen molar-refractivity contribution in [3.8, 4) is 0 Å². The van der Waals surface area contributed by atoms with Crippen molar-refractivity contribution in [3.63, 3.8) is 0 Å². The number of nitrogens with zero attached hydrogens (tertiary/aromatic N) is 3. The molecule has 1 fully saturated rings. The number of carbonyl (C=O) groups is 1. The van der Waals surface area contributed by atoms with Crippen LogP contribution in [-0.4, -0.2) is 34.1 Å². The van der Waals surface area contributed by atoms with Gasteiger partial charge in [-0.25, -0.2) is 4.79 Å². The van der Waals surface area contributed by atoms with Crippen LogP contribution in [0.2, 0.25) is 0 Å². The number of pyridine rings is 1. The SMILES string of the molecule is CC1CCN(c2cnc([N+](=O)[O-])cc2C(=O)O)C1. The van der Waals surface area contributed by atoms with Crippen molar-refractivity contribution < 1.29 is 14.8 Å². The van der Waals surface area contributed by atoms with E-state index in [0.717, 1.165) is 25.6 Å². The predicted octanol–water partition coefficient (Wildman–Crippen LogP) is 1.53. The van der Waals surface area contributed by atoms with Crippen molar-refractivity contribution in [1.29, 1.82) is 0 Å². The highest BCUT2D eigenvalue weighted by Crippen LogP contribution is 2.28. The Labute approximate surface area is 103 Å². The molecule has 0 radical (unpaired) electrons. The van der Waals surface area contributed by atoms with E-state index in [-0.39, 0.29) is 5.56 Å². The van der Waals surface area contributed by atoms with E-state index in [2.05, 4.69) is 11.9 Å². The minimum atomic E-state index is -1.17. The van der Waals surface area contributed by atoms with Crippen molar-refractivity contribution in [2.24, 2.45) is 5.92 Å². The van der Waals surface area contributed by atoms with E-state index in [1.807, 2.05) is 4.90 Å². The maximum Gasteiger partial charge on any atom is 0.364 e. The molecule has 1 unspecified atom stereocenters. The summed E-state index contributed by atoms with van der Waals surface area (Å²) in [6, 6.07) is 1.01. The Morgan fingerprint density at radius 3 is 2.89 bits per heavy atom. The third kappa shape index (κ3) is 2.24. The second-order valence-corrected chi connectivity index (χ2v) is 4.46. The molecule has 0 saturated carbocycles. The summed E-state index contributed by atoms with van der Waals surface area (Å²) in [5.74, 6) is -1.12. The first-order chi connectivity index (χ1) is 8.49. The molecule has 1 aliphatic rings. The van der Waals surface area contributed by atoms with Crippen LogP contribution in [-0.2, 0) is 0 Å². The van der Waals surface area contributed by atoms with Crippen molar-refractivity contribution >= 4 is 17.5 Å². The Balaban J connectivity index is 2.41. The Hall–Kier alpha value is -2.18. The summed E-state index contributed by atoms with van der Waals surface area (Å²) >= 11 is 0. The quantitative estimate of drug-likeness (QED) is 0.646. The van der Waals surface area contributed by atoms with Crippen LogP contribution in [0.4, 0.5) is 11.5 Å². The maximum atomic E-state index is 11.2. The first-order valence-electron chi connectivity index (χ1n) is 5.61. The topological polar surface area (TPSA) is 96.6 Å². The zero-order valence-electron chi connectivity index (χ0n) is 9.87. The van der Waals surface area contributed by atoms with Gasteiger partial charge in [-0.3, -0.25) is 0 Å². The van der Waals surface area contributed by atoms with Gasteiger partial charge in [0.25, 0.3) is 0 Å². The molecule has 2 rings (SSSR count). The smallest absolute Gasteiger partial charge is 0.364 e. The van der Waals surface area contributed by atoms with Crippen LogP contribution in [0.3, 0.4) is 0 Å². The van der Waals surface area contributed by atoms with Crippen molar-refractivity contribution in [2.75, 3.05) is 18.0 Å². The summed E-state index contributed by atoms with van der Waals surface area (Å²) in [6.45, 7) is 3.58. The number of nitro groups is 1. The van der Waals surface area contributed by atoms with Gasteiger partial charge in [0.1, 0.15) is 0 Å². The lowest BCUT2D eigenvalue weighted by atomic mass is 10.2. The van der Waals surface area contributed by atoms with Crippen molar-refractivity contribution in [2.45, 2.75) is 13.3 Å². The molecule has 0 spiro atoms. The molecule has 96 valence electrons. The summed E-state index contributed by atoms with van der Waals surface area (Å²) < 4.78 is 0. The first kappa shape index (κ1) is 12.3. The van der Waals surface area contributed by atoms with Crippen LogP contribution in [0.5, 0.6) is 0 Å². The molecule has 0 aliphatic carbocycles. The number of hydrogen-bond donors (Lipinski definition) is 1. The number of carboxylic acid groups (broad SMARTS) is 1. The molecule has 1 aromatic heterocycles. The lowest BCUT2D eigenvalue weighted by Gasteiger charge is -2.18. The molecule has 1 atom stereocenters. The Kier molecular flexibility index (Phi) is 3.14. The van der Waals surface area contributed by atoms with Gasteiger partial charge < -0.3 is 20.1 Å². The van der Waals surface area contributed by atoms with Gasteiger partial charge in [-0.1, -0.05) is 6.92 Å². The van der Waals surface area contributed by atoms with E-state index < -0.39 is 16.7 Å². The fourth-order valence-electron chi connectivity index (χ4n) is 2.11. The van der Waals surface area contributed by atoms with Gasteiger partial charge in [0.2, 0.25) is 0 Å². The maximum absolute atomic E-state index is 11.2. The predicted molar refractivity (Wildman–Crippen MR) is 63.8 cm³/mol. The van der Waals surface area contributed by atoms with Crippen molar-refractivity contribution in [1.82, 2.24) is 4.98 Å². The standard InChI is InChI=1S/C11H13N3O4/c1-7-2-3-13(6-7)9-5-12-10(14(17)18)4-8(9)11(15)16/h4-5,7H,2-3,6H2,1H3,(H,15,16).